The molecule has 1 aromatic heterocycles. The summed E-state index contributed by atoms with van der Waals surface area (Å²) < 4.78 is 5.14. The van der Waals surface area contributed by atoms with E-state index in [1.54, 1.807) is 24.5 Å². The molecule has 0 saturated carbocycles. The summed E-state index contributed by atoms with van der Waals surface area (Å²) in [4.78, 5) is 1.32. The van der Waals surface area contributed by atoms with Crippen LogP contribution in [0.2, 0.25) is 0 Å². The van der Waals surface area contributed by atoms with Crippen LogP contribution in [0.3, 0.4) is 0 Å². The highest BCUT2D eigenvalue weighted by atomic mass is 32.1. The summed E-state index contributed by atoms with van der Waals surface area (Å²) in [5.41, 5.74) is 1.10. The first kappa shape index (κ1) is 13.9. The van der Waals surface area contributed by atoms with E-state index >= 15 is 0 Å². The Labute approximate surface area is 117 Å². The Morgan fingerprint density at radius 1 is 1.21 bits per heavy atom. The quantitative estimate of drug-likeness (QED) is 0.871. The molecule has 4 heteroatoms. The number of methoxy groups -OCH3 is 1. The minimum absolute atomic E-state index is 0.171. The first-order valence-corrected chi connectivity index (χ1v) is 7.16. The number of phenolic OH excluding ortho intramolecular Hbond substituents is 1. The molecule has 0 saturated heterocycles. The summed E-state index contributed by atoms with van der Waals surface area (Å²) >= 11 is 1.75. The lowest BCUT2D eigenvalue weighted by Crippen LogP contribution is -2.21. The van der Waals surface area contributed by atoms with Crippen molar-refractivity contribution in [2.75, 3.05) is 7.11 Å². The van der Waals surface area contributed by atoms with Gasteiger partial charge in [0.1, 0.15) is 0 Å². The molecule has 0 aliphatic heterocycles. The number of phenols is 1. The predicted octanol–water partition coefficient (Wildman–Crippen LogP) is 3.87. The van der Waals surface area contributed by atoms with Gasteiger partial charge in [-0.3, -0.25) is 0 Å². The van der Waals surface area contributed by atoms with Crippen LogP contribution < -0.4 is 10.1 Å². The van der Waals surface area contributed by atoms with Gasteiger partial charge in [-0.05, 0) is 43.0 Å². The molecule has 0 radical (unpaired) electrons. The van der Waals surface area contributed by atoms with Gasteiger partial charge in [-0.25, -0.2) is 0 Å². The molecule has 0 aliphatic carbocycles. The molecule has 2 unspecified atom stereocenters. The molecule has 0 fully saturated rings. The van der Waals surface area contributed by atoms with Gasteiger partial charge in [0.15, 0.2) is 11.5 Å². The Balaban J connectivity index is 2.09. The van der Waals surface area contributed by atoms with Gasteiger partial charge in [0.05, 0.1) is 7.11 Å². The topological polar surface area (TPSA) is 41.5 Å². The van der Waals surface area contributed by atoms with Crippen LogP contribution >= 0.6 is 11.3 Å². The number of hydrogen-bond acceptors (Lipinski definition) is 4. The molecular formula is C15H19NO2S. The molecular weight excluding hydrogens is 258 g/mol. The van der Waals surface area contributed by atoms with Crippen LogP contribution in [0.15, 0.2) is 35.7 Å². The van der Waals surface area contributed by atoms with E-state index in [1.165, 1.54) is 4.88 Å². The minimum atomic E-state index is 0.171. The van der Waals surface area contributed by atoms with E-state index < -0.39 is 0 Å². The van der Waals surface area contributed by atoms with Gasteiger partial charge >= 0.3 is 0 Å². The molecule has 19 heavy (non-hydrogen) atoms. The van der Waals surface area contributed by atoms with Crippen LogP contribution in [0, 0.1) is 0 Å². The molecule has 0 aliphatic rings. The molecule has 0 amide bonds. The summed E-state index contributed by atoms with van der Waals surface area (Å²) in [6.07, 6.45) is 0. The molecule has 1 aromatic carbocycles. The molecule has 2 N–H and O–H groups in total. The van der Waals surface area contributed by atoms with Crippen LogP contribution in [0.25, 0.3) is 0 Å². The van der Waals surface area contributed by atoms with E-state index in [1.807, 2.05) is 12.1 Å². The molecule has 102 valence electrons. The lowest BCUT2D eigenvalue weighted by atomic mass is 10.1. The van der Waals surface area contributed by atoms with E-state index in [4.69, 9.17) is 4.74 Å². The standard InChI is InChI=1S/C15H19NO2S/c1-10(16-11(2)15-5-4-8-19-15)12-6-7-13(17)14(9-12)18-3/h4-11,16-17H,1-3H3. The highest BCUT2D eigenvalue weighted by molar-refractivity contribution is 7.10. The third-order valence-corrected chi connectivity index (χ3v) is 4.23. The Kier molecular flexibility index (Phi) is 4.45. The zero-order valence-corrected chi connectivity index (χ0v) is 12.2. The lowest BCUT2D eigenvalue weighted by Gasteiger charge is -2.20. The number of aromatic hydroxyl groups is 1. The zero-order chi connectivity index (χ0) is 13.8. The normalized spacial score (nSPS) is 14.1. The second-order valence-corrected chi connectivity index (χ2v) is 5.54. The monoisotopic (exact) mass is 277 g/mol. The fourth-order valence-electron chi connectivity index (χ4n) is 2.05. The number of thiophene rings is 1. The van der Waals surface area contributed by atoms with Crippen LogP contribution in [0.5, 0.6) is 11.5 Å². The van der Waals surface area contributed by atoms with Crippen molar-refractivity contribution in [2.24, 2.45) is 0 Å². The van der Waals surface area contributed by atoms with Crippen molar-refractivity contribution in [3.63, 3.8) is 0 Å². The first-order valence-electron chi connectivity index (χ1n) is 6.28. The predicted molar refractivity (Wildman–Crippen MR) is 78.9 cm³/mol. The van der Waals surface area contributed by atoms with Crippen molar-refractivity contribution in [3.05, 3.63) is 46.2 Å². The van der Waals surface area contributed by atoms with Crippen molar-refractivity contribution in [1.29, 1.82) is 0 Å². The lowest BCUT2D eigenvalue weighted by molar-refractivity contribution is 0.372. The van der Waals surface area contributed by atoms with E-state index in [0.717, 1.165) is 5.56 Å². The maximum absolute atomic E-state index is 9.61. The number of ether oxygens (including phenoxy) is 1. The highest BCUT2D eigenvalue weighted by Crippen LogP contribution is 2.30. The van der Waals surface area contributed by atoms with Crippen LogP contribution in [0.4, 0.5) is 0 Å². The fraction of sp³-hybridized carbons (Fsp3) is 0.333. The van der Waals surface area contributed by atoms with Crippen LogP contribution in [-0.4, -0.2) is 12.2 Å². The summed E-state index contributed by atoms with van der Waals surface area (Å²) in [6, 6.07) is 10.1. The van der Waals surface area contributed by atoms with Crippen LogP contribution in [0.1, 0.15) is 36.4 Å². The molecule has 0 bridgehead atoms. The van der Waals surface area contributed by atoms with Crippen molar-refractivity contribution in [1.82, 2.24) is 5.32 Å². The average Bonchev–Trinajstić information content (AvgIpc) is 2.93. The van der Waals surface area contributed by atoms with Crippen molar-refractivity contribution < 1.29 is 9.84 Å². The summed E-state index contributed by atoms with van der Waals surface area (Å²) in [7, 11) is 1.56. The molecule has 2 aromatic rings. The van der Waals surface area contributed by atoms with Gasteiger partial charge in [-0.1, -0.05) is 12.1 Å². The van der Waals surface area contributed by atoms with Crippen molar-refractivity contribution in [3.8, 4) is 11.5 Å². The Morgan fingerprint density at radius 3 is 2.63 bits per heavy atom. The van der Waals surface area contributed by atoms with Gasteiger partial charge in [0.2, 0.25) is 0 Å². The van der Waals surface area contributed by atoms with E-state index in [9.17, 15) is 5.11 Å². The number of rotatable bonds is 5. The maximum atomic E-state index is 9.61. The third kappa shape index (κ3) is 3.28. The van der Waals surface area contributed by atoms with Crippen molar-refractivity contribution >= 4 is 11.3 Å². The van der Waals surface area contributed by atoms with Gasteiger partial charge in [-0.15, -0.1) is 11.3 Å². The molecule has 2 rings (SSSR count). The zero-order valence-electron chi connectivity index (χ0n) is 11.4. The van der Waals surface area contributed by atoms with E-state index in [0.29, 0.717) is 11.8 Å². The first-order chi connectivity index (χ1) is 9.11. The number of benzene rings is 1. The third-order valence-electron chi connectivity index (χ3n) is 3.17. The molecule has 1 heterocycles. The Morgan fingerprint density at radius 2 is 2.00 bits per heavy atom. The average molecular weight is 277 g/mol. The molecule has 3 nitrogen and oxygen atoms in total. The maximum Gasteiger partial charge on any atom is 0.160 e. The van der Waals surface area contributed by atoms with Gasteiger partial charge in [-0.2, -0.15) is 0 Å². The second kappa shape index (κ2) is 6.08. The summed E-state index contributed by atoms with van der Waals surface area (Å²) in [6.45, 7) is 4.26. The SMILES string of the molecule is COc1cc(C(C)NC(C)c2cccs2)ccc1O. The Hall–Kier alpha value is -1.52. The summed E-state index contributed by atoms with van der Waals surface area (Å²) in [5, 5.41) is 15.2. The fourth-order valence-corrected chi connectivity index (χ4v) is 2.80. The Bertz CT molecular complexity index is 525. The molecule has 0 spiro atoms. The summed E-state index contributed by atoms with van der Waals surface area (Å²) in [5.74, 6) is 0.680. The number of hydrogen-bond donors (Lipinski definition) is 2. The van der Waals surface area contributed by atoms with Crippen molar-refractivity contribution in [2.45, 2.75) is 25.9 Å². The smallest absolute Gasteiger partial charge is 0.160 e. The highest BCUT2D eigenvalue weighted by Gasteiger charge is 2.13. The van der Waals surface area contributed by atoms with Gasteiger partial charge < -0.3 is 15.2 Å². The minimum Gasteiger partial charge on any atom is -0.504 e. The second-order valence-electron chi connectivity index (χ2n) is 4.56. The van der Waals surface area contributed by atoms with Crippen LogP contribution in [-0.2, 0) is 0 Å². The number of nitrogens with one attached hydrogen (secondary N) is 1. The molecule has 2 atom stereocenters. The van der Waals surface area contributed by atoms with Gasteiger partial charge in [0.25, 0.3) is 0 Å². The largest absolute Gasteiger partial charge is 0.504 e. The van der Waals surface area contributed by atoms with Gasteiger partial charge in [0, 0.05) is 17.0 Å². The van der Waals surface area contributed by atoms with E-state index in [2.05, 4.69) is 36.7 Å². The van der Waals surface area contributed by atoms with E-state index in [-0.39, 0.29) is 11.8 Å².